The summed E-state index contributed by atoms with van der Waals surface area (Å²) in [5.41, 5.74) is 5.19. The SMILES string of the molecule is CN(CC(N)=NO)S(=O)(=O)c1cn[nH]c1. The van der Waals surface area contributed by atoms with Crippen LogP contribution in [0.1, 0.15) is 0 Å². The molecule has 84 valence electrons. The number of amidine groups is 1. The number of hydrogen-bond donors (Lipinski definition) is 3. The highest BCUT2D eigenvalue weighted by Gasteiger charge is 2.22. The number of H-pyrrole nitrogens is 1. The predicted molar refractivity (Wildman–Crippen MR) is 51.8 cm³/mol. The maximum Gasteiger partial charge on any atom is 0.246 e. The van der Waals surface area contributed by atoms with Crippen molar-refractivity contribution in [2.45, 2.75) is 4.90 Å². The molecule has 1 rings (SSSR count). The van der Waals surface area contributed by atoms with Crippen LogP contribution in [0.4, 0.5) is 0 Å². The number of nitrogens with zero attached hydrogens (tertiary/aromatic N) is 3. The lowest BCUT2D eigenvalue weighted by atomic mass is 10.6. The van der Waals surface area contributed by atoms with E-state index < -0.39 is 10.0 Å². The monoisotopic (exact) mass is 233 g/mol. The van der Waals surface area contributed by atoms with Gasteiger partial charge in [0.15, 0.2) is 5.84 Å². The summed E-state index contributed by atoms with van der Waals surface area (Å²) in [6, 6.07) is 0. The molecule has 0 saturated carbocycles. The lowest BCUT2D eigenvalue weighted by Gasteiger charge is -2.14. The average molecular weight is 233 g/mol. The number of sulfonamides is 1. The zero-order chi connectivity index (χ0) is 11.5. The zero-order valence-corrected chi connectivity index (χ0v) is 8.77. The molecule has 1 heterocycles. The third-order valence-electron chi connectivity index (χ3n) is 1.69. The molecule has 0 aliphatic carbocycles. The van der Waals surface area contributed by atoms with Gasteiger partial charge in [0, 0.05) is 13.2 Å². The molecule has 0 aliphatic heterocycles. The Morgan fingerprint density at radius 3 is 2.93 bits per heavy atom. The van der Waals surface area contributed by atoms with Crippen LogP contribution in [0.3, 0.4) is 0 Å². The standard InChI is InChI=1S/C6H11N5O3S/c1-11(4-6(7)10-12)15(13,14)5-2-8-9-3-5/h2-3,12H,4H2,1H3,(H2,7,10)(H,8,9). The molecule has 0 aliphatic rings. The van der Waals surface area contributed by atoms with Gasteiger partial charge in [0.1, 0.15) is 4.90 Å². The minimum Gasteiger partial charge on any atom is -0.409 e. The van der Waals surface area contributed by atoms with Crippen molar-refractivity contribution in [3.05, 3.63) is 12.4 Å². The topological polar surface area (TPSA) is 125 Å². The average Bonchev–Trinajstić information content (AvgIpc) is 2.70. The van der Waals surface area contributed by atoms with E-state index in [1.807, 2.05) is 0 Å². The molecule has 0 spiro atoms. The van der Waals surface area contributed by atoms with E-state index in [-0.39, 0.29) is 17.3 Å². The van der Waals surface area contributed by atoms with E-state index in [9.17, 15) is 8.42 Å². The molecule has 0 saturated heterocycles. The number of nitrogens with two attached hydrogens (primary N) is 1. The second-order valence-electron chi connectivity index (χ2n) is 2.79. The maximum atomic E-state index is 11.7. The molecule has 1 aromatic rings. The Hall–Kier alpha value is -1.61. The maximum absolute atomic E-state index is 11.7. The molecule has 0 radical (unpaired) electrons. The van der Waals surface area contributed by atoms with Gasteiger partial charge in [-0.05, 0) is 0 Å². The number of oxime groups is 1. The summed E-state index contributed by atoms with van der Waals surface area (Å²) in [5.74, 6) is -0.190. The normalized spacial score (nSPS) is 13.3. The van der Waals surface area contributed by atoms with E-state index in [1.165, 1.54) is 19.4 Å². The van der Waals surface area contributed by atoms with Crippen molar-refractivity contribution in [1.82, 2.24) is 14.5 Å². The van der Waals surface area contributed by atoms with Gasteiger partial charge in [-0.15, -0.1) is 0 Å². The number of aromatic nitrogens is 2. The molecule has 0 amide bonds. The number of rotatable bonds is 4. The Morgan fingerprint density at radius 2 is 2.47 bits per heavy atom. The molecular formula is C6H11N5O3S. The summed E-state index contributed by atoms with van der Waals surface area (Å²) in [4.78, 5) is 0.0238. The summed E-state index contributed by atoms with van der Waals surface area (Å²) < 4.78 is 24.4. The molecule has 0 aromatic carbocycles. The van der Waals surface area contributed by atoms with Gasteiger partial charge in [-0.3, -0.25) is 5.10 Å². The van der Waals surface area contributed by atoms with E-state index in [2.05, 4.69) is 15.4 Å². The van der Waals surface area contributed by atoms with Gasteiger partial charge in [-0.2, -0.15) is 9.40 Å². The van der Waals surface area contributed by atoms with E-state index in [1.54, 1.807) is 0 Å². The van der Waals surface area contributed by atoms with Crippen molar-refractivity contribution < 1.29 is 13.6 Å². The predicted octanol–water partition coefficient (Wildman–Crippen LogP) is -1.22. The highest BCUT2D eigenvalue weighted by Crippen LogP contribution is 2.10. The highest BCUT2D eigenvalue weighted by atomic mass is 32.2. The van der Waals surface area contributed by atoms with Crippen molar-refractivity contribution in [1.29, 1.82) is 0 Å². The van der Waals surface area contributed by atoms with Gasteiger partial charge >= 0.3 is 0 Å². The van der Waals surface area contributed by atoms with Crippen molar-refractivity contribution in [2.75, 3.05) is 13.6 Å². The van der Waals surface area contributed by atoms with E-state index in [0.717, 1.165) is 4.31 Å². The molecule has 0 unspecified atom stereocenters. The fourth-order valence-electron chi connectivity index (χ4n) is 0.905. The summed E-state index contributed by atoms with van der Waals surface area (Å²) in [6.45, 7) is -0.190. The number of hydrogen-bond acceptors (Lipinski definition) is 5. The van der Waals surface area contributed by atoms with E-state index in [4.69, 9.17) is 10.9 Å². The fourth-order valence-corrected chi connectivity index (χ4v) is 1.95. The molecule has 0 bridgehead atoms. The Balaban J connectivity index is 2.89. The van der Waals surface area contributed by atoms with Crippen LogP contribution in [-0.2, 0) is 10.0 Å². The molecule has 1 aromatic heterocycles. The largest absolute Gasteiger partial charge is 0.409 e. The summed E-state index contributed by atoms with van der Waals surface area (Å²) >= 11 is 0. The van der Waals surface area contributed by atoms with Crippen LogP contribution >= 0.6 is 0 Å². The van der Waals surface area contributed by atoms with Crippen LogP contribution in [0.2, 0.25) is 0 Å². The van der Waals surface area contributed by atoms with E-state index in [0.29, 0.717) is 0 Å². The minimum atomic E-state index is -3.63. The summed E-state index contributed by atoms with van der Waals surface area (Å²) in [6.07, 6.45) is 2.43. The summed E-state index contributed by atoms with van der Waals surface area (Å²) in [7, 11) is -2.31. The quantitative estimate of drug-likeness (QED) is 0.260. The van der Waals surface area contributed by atoms with Crippen molar-refractivity contribution in [3.8, 4) is 0 Å². The van der Waals surface area contributed by atoms with Gasteiger partial charge in [0.2, 0.25) is 10.0 Å². The molecule has 8 nitrogen and oxygen atoms in total. The highest BCUT2D eigenvalue weighted by molar-refractivity contribution is 7.89. The second kappa shape index (κ2) is 4.28. The first kappa shape index (κ1) is 11.5. The van der Waals surface area contributed by atoms with E-state index >= 15 is 0 Å². The first-order chi connectivity index (χ1) is 6.98. The van der Waals surface area contributed by atoms with Crippen molar-refractivity contribution in [2.24, 2.45) is 10.9 Å². The van der Waals surface area contributed by atoms with Crippen LogP contribution in [0, 0.1) is 0 Å². The van der Waals surface area contributed by atoms with Gasteiger partial charge in [0.05, 0.1) is 12.7 Å². The Bertz CT molecular complexity index is 437. The first-order valence-corrected chi connectivity index (χ1v) is 5.34. The van der Waals surface area contributed by atoms with Crippen LogP contribution in [0.25, 0.3) is 0 Å². The number of aromatic amines is 1. The van der Waals surface area contributed by atoms with Crippen LogP contribution < -0.4 is 5.73 Å². The first-order valence-electron chi connectivity index (χ1n) is 3.90. The molecule has 0 atom stereocenters. The molecule has 4 N–H and O–H groups in total. The van der Waals surface area contributed by atoms with Gasteiger partial charge in [-0.1, -0.05) is 5.16 Å². The van der Waals surface area contributed by atoms with Crippen LogP contribution in [0.15, 0.2) is 22.4 Å². The van der Waals surface area contributed by atoms with Gasteiger partial charge in [-0.25, -0.2) is 8.42 Å². The molecular weight excluding hydrogens is 222 g/mol. The Morgan fingerprint density at radius 1 is 1.80 bits per heavy atom. The van der Waals surface area contributed by atoms with Gasteiger partial charge in [0.25, 0.3) is 0 Å². The Kier molecular flexibility index (Phi) is 3.27. The lowest BCUT2D eigenvalue weighted by Crippen LogP contribution is -2.35. The van der Waals surface area contributed by atoms with Crippen LogP contribution in [-0.4, -0.2) is 47.6 Å². The summed E-state index contributed by atoms with van der Waals surface area (Å²) in [5, 5.41) is 16.9. The minimum absolute atomic E-state index is 0.0238. The zero-order valence-electron chi connectivity index (χ0n) is 7.95. The van der Waals surface area contributed by atoms with Gasteiger partial charge < -0.3 is 10.9 Å². The Labute approximate surface area is 86.4 Å². The third kappa shape index (κ3) is 2.44. The molecule has 15 heavy (non-hydrogen) atoms. The molecule has 0 fully saturated rings. The molecule has 9 heteroatoms. The third-order valence-corrected chi connectivity index (χ3v) is 3.46. The second-order valence-corrected chi connectivity index (χ2v) is 4.83. The van der Waals surface area contributed by atoms with Crippen molar-refractivity contribution in [3.63, 3.8) is 0 Å². The smallest absolute Gasteiger partial charge is 0.246 e. The van der Waals surface area contributed by atoms with Crippen molar-refractivity contribution >= 4 is 15.9 Å². The number of likely N-dealkylation sites (N-methyl/N-ethyl adjacent to an activating group) is 1. The lowest BCUT2D eigenvalue weighted by molar-refractivity contribution is 0.315. The fraction of sp³-hybridized carbons (Fsp3) is 0.333. The number of nitrogens with one attached hydrogen (secondary N) is 1. The van der Waals surface area contributed by atoms with Crippen LogP contribution in [0.5, 0.6) is 0 Å².